The highest BCUT2D eigenvalue weighted by Crippen LogP contribution is 2.44. The summed E-state index contributed by atoms with van der Waals surface area (Å²) in [5.41, 5.74) is 7.04. The lowest BCUT2D eigenvalue weighted by molar-refractivity contribution is -0.139. The number of carboxylic acid groups (broad SMARTS) is 1. The number of hydrogen-bond donors (Lipinski definition) is 3. The zero-order valence-corrected chi connectivity index (χ0v) is 19.7. The summed E-state index contributed by atoms with van der Waals surface area (Å²) in [7, 11) is 0. The molecular weight excluding hydrogens is 444 g/mol. The van der Waals surface area contributed by atoms with Crippen molar-refractivity contribution < 1.29 is 24.2 Å². The summed E-state index contributed by atoms with van der Waals surface area (Å²) in [6.07, 6.45) is -0.611. The van der Waals surface area contributed by atoms with Crippen LogP contribution in [0.4, 0.5) is 10.5 Å². The maximum absolute atomic E-state index is 12.8. The minimum absolute atomic E-state index is 0.0685. The molecule has 0 saturated carbocycles. The molecule has 180 valence electrons. The molecule has 0 aromatic heterocycles. The zero-order valence-electron chi connectivity index (χ0n) is 19.7. The molecule has 3 N–H and O–H groups in total. The predicted octanol–water partition coefficient (Wildman–Crippen LogP) is 4.88. The van der Waals surface area contributed by atoms with E-state index in [1.807, 2.05) is 74.5 Å². The van der Waals surface area contributed by atoms with E-state index in [0.717, 1.165) is 39.8 Å². The number of nitrogens with one attached hydrogen (secondary N) is 2. The van der Waals surface area contributed by atoms with Crippen LogP contribution in [-0.2, 0) is 20.7 Å². The van der Waals surface area contributed by atoms with Crippen LogP contribution in [0.15, 0.2) is 66.7 Å². The highest BCUT2D eigenvalue weighted by molar-refractivity contribution is 5.98. The van der Waals surface area contributed by atoms with Crippen molar-refractivity contribution in [1.82, 2.24) is 5.32 Å². The number of hydrogen-bond acceptors (Lipinski definition) is 4. The van der Waals surface area contributed by atoms with Gasteiger partial charge in [0.15, 0.2) is 0 Å². The molecule has 4 rings (SSSR count). The molecule has 35 heavy (non-hydrogen) atoms. The normalized spacial score (nSPS) is 12.9. The van der Waals surface area contributed by atoms with Crippen molar-refractivity contribution >= 4 is 23.7 Å². The molecule has 0 fully saturated rings. The van der Waals surface area contributed by atoms with Gasteiger partial charge >= 0.3 is 12.1 Å². The Morgan fingerprint density at radius 2 is 1.60 bits per heavy atom. The summed E-state index contributed by atoms with van der Waals surface area (Å²) in [6.45, 7) is 4.06. The van der Waals surface area contributed by atoms with E-state index >= 15 is 0 Å². The number of ether oxygens (including phenoxy) is 1. The Morgan fingerprint density at radius 3 is 2.20 bits per heavy atom. The van der Waals surface area contributed by atoms with E-state index in [1.165, 1.54) is 0 Å². The minimum Gasteiger partial charge on any atom is -0.481 e. The number of carboxylic acids is 1. The van der Waals surface area contributed by atoms with Gasteiger partial charge in [0, 0.05) is 11.6 Å². The fourth-order valence-corrected chi connectivity index (χ4v) is 4.53. The summed E-state index contributed by atoms with van der Waals surface area (Å²) in [5, 5.41) is 14.4. The molecule has 7 heteroatoms. The third-order valence-corrected chi connectivity index (χ3v) is 6.33. The predicted molar refractivity (Wildman–Crippen MR) is 133 cm³/mol. The first-order chi connectivity index (χ1) is 16.9. The molecule has 3 aromatic rings. The van der Waals surface area contributed by atoms with Gasteiger partial charge in [-0.2, -0.15) is 0 Å². The van der Waals surface area contributed by atoms with E-state index in [9.17, 15) is 19.5 Å². The Morgan fingerprint density at radius 1 is 0.971 bits per heavy atom. The van der Waals surface area contributed by atoms with Crippen molar-refractivity contribution in [1.29, 1.82) is 0 Å². The zero-order chi connectivity index (χ0) is 24.9. The summed E-state index contributed by atoms with van der Waals surface area (Å²) >= 11 is 0. The number of rotatable bonds is 8. The Balaban J connectivity index is 1.43. The molecule has 0 spiro atoms. The molecule has 3 aromatic carbocycles. The Bertz CT molecular complexity index is 1220. The van der Waals surface area contributed by atoms with Crippen molar-refractivity contribution in [3.63, 3.8) is 0 Å². The number of aryl methyl sites for hydroxylation is 2. The molecule has 7 nitrogen and oxygen atoms in total. The van der Waals surface area contributed by atoms with Crippen molar-refractivity contribution in [3.05, 3.63) is 89.0 Å². The molecule has 0 saturated heterocycles. The average molecular weight is 473 g/mol. The molecule has 1 atom stereocenters. The summed E-state index contributed by atoms with van der Waals surface area (Å²) in [6, 6.07) is 20.1. The van der Waals surface area contributed by atoms with Gasteiger partial charge in [-0.1, -0.05) is 61.5 Å². The van der Waals surface area contributed by atoms with Crippen molar-refractivity contribution in [2.45, 2.75) is 38.6 Å². The smallest absolute Gasteiger partial charge is 0.407 e. The van der Waals surface area contributed by atoms with Gasteiger partial charge in [-0.05, 0) is 58.9 Å². The SMILES string of the molecule is CCc1cc(NC(=O)C(CC(=O)O)NC(=O)OCC2c3ccccc3-c3ccccc32)ccc1C. The number of carbonyl (C=O) groups excluding carboxylic acids is 2. The molecular formula is C28H28N2O5. The second-order valence-electron chi connectivity index (χ2n) is 8.60. The third-order valence-electron chi connectivity index (χ3n) is 6.33. The van der Waals surface area contributed by atoms with Crippen molar-refractivity contribution in [3.8, 4) is 11.1 Å². The molecule has 1 aliphatic rings. The Labute approximate surface area is 204 Å². The summed E-state index contributed by atoms with van der Waals surface area (Å²) < 4.78 is 5.48. The molecule has 1 unspecified atom stereocenters. The molecule has 2 amide bonds. The molecule has 0 bridgehead atoms. The Kier molecular flexibility index (Phi) is 7.15. The van der Waals surface area contributed by atoms with Crippen LogP contribution in [0.3, 0.4) is 0 Å². The lowest BCUT2D eigenvalue weighted by Crippen LogP contribution is -2.45. The van der Waals surface area contributed by atoms with E-state index in [4.69, 9.17) is 4.74 Å². The molecule has 1 aliphatic carbocycles. The van der Waals surface area contributed by atoms with Gasteiger partial charge < -0.3 is 20.5 Å². The van der Waals surface area contributed by atoms with Gasteiger partial charge in [0.2, 0.25) is 5.91 Å². The number of alkyl carbamates (subject to hydrolysis) is 1. The largest absolute Gasteiger partial charge is 0.481 e. The quantitative estimate of drug-likeness (QED) is 0.434. The average Bonchev–Trinajstić information content (AvgIpc) is 3.17. The molecule has 0 heterocycles. The maximum Gasteiger partial charge on any atom is 0.407 e. The maximum atomic E-state index is 12.8. The number of fused-ring (bicyclic) bond motifs is 3. The number of aliphatic carboxylic acids is 1. The summed E-state index contributed by atoms with van der Waals surface area (Å²) in [5.74, 6) is -1.96. The highest BCUT2D eigenvalue weighted by Gasteiger charge is 2.30. The van der Waals surface area contributed by atoms with Crippen LogP contribution in [0, 0.1) is 6.92 Å². The van der Waals surface area contributed by atoms with E-state index in [0.29, 0.717) is 5.69 Å². The second-order valence-corrected chi connectivity index (χ2v) is 8.60. The van der Waals surface area contributed by atoms with Gasteiger partial charge in [-0.15, -0.1) is 0 Å². The standard InChI is InChI=1S/C28H28N2O5/c1-3-18-14-19(13-12-17(18)2)29-27(33)25(15-26(31)32)30-28(34)35-16-24-22-10-6-4-8-20(22)21-9-5-7-11-23(21)24/h4-14,24-25H,3,15-16H2,1-2H3,(H,29,33)(H,30,34)(H,31,32). The Hall–Kier alpha value is -4.13. The van der Waals surface area contributed by atoms with E-state index in [1.54, 1.807) is 6.07 Å². The van der Waals surface area contributed by atoms with Crippen molar-refractivity contribution in [2.75, 3.05) is 11.9 Å². The first-order valence-electron chi connectivity index (χ1n) is 11.6. The van der Waals surface area contributed by atoms with Crippen LogP contribution < -0.4 is 10.6 Å². The fourth-order valence-electron chi connectivity index (χ4n) is 4.53. The topological polar surface area (TPSA) is 105 Å². The van der Waals surface area contributed by atoms with Crippen LogP contribution in [0.25, 0.3) is 11.1 Å². The van der Waals surface area contributed by atoms with E-state index in [-0.39, 0.29) is 12.5 Å². The van der Waals surface area contributed by atoms with Crippen LogP contribution in [0.2, 0.25) is 0 Å². The van der Waals surface area contributed by atoms with Crippen LogP contribution in [0.5, 0.6) is 0 Å². The lowest BCUT2D eigenvalue weighted by Gasteiger charge is -2.19. The monoisotopic (exact) mass is 472 g/mol. The van der Waals surface area contributed by atoms with Gasteiger partial charge in [0.1, 0.15) is 12.6 Å². The first kappa shape index (κ1) is 24.0. The fraction of sp³-hybridized carbons (Fsp3) is 0.250. The molecule has 0 aliphatic heterocycles. The van der Waals surface area contributed by atoms with Gasteiger partial charge in [0.25, 0.3) is 0 Å². The minimum atomic E-state index is -1.28. The van der Waals surface area contributed by atoms with Gasteiger partial charge in [-0.25, -0.2) is 4.79 Å². The lowest BCUT2D eigenvalue weighted by atomic mass is 9.98. The number of amides is 2. The highest BCUT2D eigenvalue weighted by atomic mass is 16.5. The van der Waals surface area contributed by atoms with Crippen molar-refractivity contribution in [2.24, 2.45) is 0 Å². The van der Waals surface area contributed by atoms with Crippen LogP contribution in [-0.4, -0.2) is 35.7 Å². The summed E-state index contributed by atoms with van der Waals surface area (Å²) in [4.78, 5) is 36.8. The first-order valence-corrected chi connectivity index (χ1v) is 11.6. The number of benzene rings is 3. The van der Waals surface area contributed by atoms with Gasteiger partial charge in [0.05, 0.1) is 6.42 Å². The van der Waals surface area contributed by atoms with Gasteiger partial charge in [-0.3, -0.25) is 9.59 Å². The number of anilines is 1. The van der Waals surface area contributed by atoms with Crippen LogP contribution in [0.1, 0.15) is 41.5 Å². The van der Waals surface area contributed by atoms with Crippen LogP contribution >= 0.6 is 0 Å². The molecule has 0 radical (unpaired) electrons. The third kappa shape index (κ3) is 5.35. The number of carbonyl (C=O) groups is 3. The van der Waals surface area contributed by atoms with E-state index in [2.05, 4.69) is 10.6 Å². The van der Waals surface area contributed by atoms with E-state index < -0.39 is 30.4 Å². The second kappa shape index (κ2) is 10.4.